The van der Waals surface area contributed by atoms with Gasteiger partial charge in [0.1, 0.15) is 11.2 Å². The van der Waals surface area contributed by atoms with E-state index < -0.39 is 49.4 Å². The lowest BCUT2D eigenvalue weighted by Gasteiger charge is -2.42. The number of ketones is 2. The van der Waals surface area contributed by atoms with Crippen LogP contribution in [-0.2, 0) is 39.0 Å². The Morgan fingerprint density at radius 2 is 0.906 bits per heavy atom. The van der Waals surface area contributed by atoms with Crippen molar-refractivity contribution in [2.75, 3.05) is 78.8 Å². The molecule has 2 aliphatic carbocycles. The number of amides is 2. The first-order chi connectivity index (χ1) is 29.7. The molecule has 0 saturated carbocycles. The number of nitrogens with one attached hydrogen (secondary N) is 2. The fraction of sp³-hybridized carbons (Fsp3) is 0.565. The zero-order chi connectivity index (χ0) is 47.8. The Labute approximate surface area is 380 Å². The summed E-state index contributed by atoms with van der Waals surface area (Å²) in [6, 6.07) is 15.8. The second-order valence-corrected chi connectivity index (χ2v) is 25.6. The maximum absolute atomic E-state index is 14.4. The molecule has 4 aliphatic rings. The number of hydrogen-bond acceptors (Lipinski definition) is 8. The van der Waals surface area contributed by atoms with Gasteiger partial charge in [-0.15, -0.1) is 0 Å². The van der Waals surface area contributed by atoms with E-state index in [1.54, 1.807) is 87.2 Å². The molecule has 0 fully saturated rings. The summed E-state index contributed by atoms with van der Waals surface area (Å²) in [5.74, 6) is 0.0511. The van der Waals surface area contributed by atoms with Crippen molar-refractivity contribution in [3.63, 3.8) is 0 Å². The van der Waals surface area contributed by atoms with Crippen molar-refractivity contribution < 1.29 is 37.8 Å². The Balaban J connectivity index is 0.000000241. The van der Waals surface area contributed by atoms with Crippen LogP contribution in [0.1, 0.15) is 91.2 Å². The predicted molar refractivity (Wildman–Crippen MR) is 254 cm³/mol. The summed E-state index contributed by atoms with van der Waals surface area (Å²) in [6.45, 7) is 11.7. The van der Waals surface area contributed by atoms with Gasteiger partial charge in [0.15, 0.2) is 11.6 Å². The van der Waals surface area contributed by atoms with E-state index in [4.69, 9.17) is 9.47 Å². The minimum absolute atomic E-state index is 0.0256. The molecule has 352 valence electrons. The van der Waals surface area contributed by atoms with Crippen LogP contribution in [-0.4, -0.2) is 123 Å². The van der Waals surface area contributed by atoms with E-state index in [1.807, 2.05) is 99.4 Å². The van der Waals surface area contributed by atoms with Crippen molar-refractivity contribution in [1.82, 2.24) is 29.3 Å². The Kier molecular flexibility index (Phi) is 15.0. The summed E-state index contributed by atoms with van der Waals surface area (Å²) in [5.41, 5.74) is 3.06. The van der Waals surface area contributed by atoms with Crippen LogP contribution >= 0.6 is 15.2 Å². The minimum atomic E-state index is -3.21. The van der Waals surface area contributed by atoms with Gasteiger partial charge >= 0.3 is 27.4 Å². The highest BCUT2D eigenvalue weighted by atomic mass is 31.2. The van der Waals surface area contributed by atoms with E-state index in [1.165, 1.54) is 0 Å². The molecule has 6 rings (SSSR count). The van der Waals surface area contributed by atoms with Crippen LogP contribution in [0.3, 0.4) is 0 Å². The second-order valence-electron chi connectivity index (χ2n) is 19.6. The molecule has 18 heteroatoms. The van der Waals surface area contributed by atoms with Gasteiger partial charge in [0, 0.05) is 60.3 Å². The van der Waals surface area contributed by atoms with Gasteiger partial charge < -0.3 is 20.1 Å². The van der Waals surface area contributed by atoms with Crippen LogP contribution in [0.5, 0.6) is 0 Å². The van der Waals surface area contributed by atoms with Crippen LogP contribution in [0.25, 0.3) is 0 Å². The number of alkyl carbamates (subject to hydrolysis) is 2. The average Bonchev–Trinajstić information content (AvgIpc) is 3.63. The SMILES string of the molecule is CN(C)P(=O)(N(C)C)N1C2=CC(=O)CC[C@@]2(CCNC(=O)OC(C)(C)C)c2ccccc21.CN(C)P(=O)(N(C)C)N1C2=CC(=O)CC[C@@]2(CCNC(=O)OC(C)(C)C)c2ccccc21. The average molecular weight is 925 g/mol. The van der Waals surface area contributed by atoms with Crippen molar-refractivity contribution in [3.8, 4) is 0 Å². The number of benzene rings is 2. The number of hydrogen-bond donors (Lipinski definition) is 2. The molecule has 2 N–H and O–H groups in total. The monoisotopic (exact) mass is 924 g/mol. The van der Waals surface area contributed by atoms with Gasteiger partial charge in [-0.3, -0.25) is 28.1 Å². The fourth-order valence-corrected chi connectivity index (χ4v) is 14.1. The van der Waals surface area contributed by atoms with E-state index in [9.17, 15) is 28.3 Å². The summed E-state index contributed by atoms with van der Waals surface area (Å²) in [7, 11) is 7.90. The van der Waals surface area contributed by atoms with Gasteiger partial charge in [-0.05, 0) is 147 Å². The Hall–Kier alpha value is -4.30. The smallest absolute Gasteiger partial charge is 0.407 e. The molecule has 2 aliphatic heterocycles. The quantitative estimate of drug-likeness (QED) is 0.196. The third-order valence-corrected chi connectivity index (χ3v) is 18.0. The molecule has 2 aromatic carbocycles. The van der Waals surface area contributed by atoms with Crippen LogP contribution in [0, 0.1) is 0 Å². The maximum atomic E-state index is 14.4. The molecule has 2 amide bonds. The van der Waals surface area contributed by atoms with Crippen LogP contribution < -0.4 is 20.0 Å². The van der Waals surface area contributed by atoms with E-state index >= 15 is 0 Å². The molecule has 0 bridgehead atoms. The molecule has 0 spiro atoms. The highest BCUT2D eigenvalue weighted by Gasteiger charge is 2.56. The number of ether oxygens (including phenoxy) is 2. The van der Waals surface area contributed by atoms with Gasteiger partial charge in [0.05, 0.1) is 11.4 Å². The fourth-order valence-electron chi connectivity index (χ4n) is 9.27. The van der Waals surface area contributed by atoms with Gasteiger partial charge in [-0.1, -0.05) is 36.4 Å². The standard InChI is InChI=1S/2C23H35N4O4P/c2*1-22(2,3)31-21(29)24-15-14-23-13-12-17(28)16-20(23)27(19-11-9-8-10-18(19)23)32(30,25(4)5)26(6)7/h2*8-11,16H,12-15H2,1-7H3,(H,24,29)/t2*23-/m11/s1. The lowest BCUT2D eigenvalue weighted by atomic mass is 9.70. The van der Waals surface area contributed by atoms with Crippen LogP contribution in [0.15, 0.2) is 72.1 Å². The minimum Gasteiger partial charge on any atom is -0.444 e. The number of allylic oxidation sites excluding steroid dienone is 4. The number of carbonyl (C=O) groups excluding carboxylic acids is 4. The van der Waals surface area contributed by atoms with E-state index in [0.717, 1.165) is 33.9 Å². The van der Waals surface area contributed by atoms with Crippen LogP contribution in [0.2, 0.25) is 0 Å². The molecule has 0 radical (unpaired) electrons. The number of fused-ring (bicyclic) bond motifs is 6. The number of carbonyl (C=O) groups is 4. The number of para-hydroxylation sites is 2. The van der Waals surface area contributed by atoms with Gasteiger partial charge in [-0.25, -0.2) is 28.3 Å². The van der Waals surface area contributed by atoms with Crippen molar-refractivity contribution in [2.45, 2.75) is 102 Å². The molecule has 0 saturated heterocycles. The summed E-state index contributed by atoms with van der Waals surface area (Å²) in [6.07, 6.45) is 5.51. The van der Waals surface area contributed by atoms with E-state index in [2.05, 4.69) is 10.6 Å². The summed E-state index contributed by atoms with van der Waals surface area (Å²) >= 11 is 0. The molecule has 64 heavy (non-hydrogen) atoms. The van der Waals surface area contributed by atoms with Crippen molar-refractivity contribution >= 4 is 50.3 Å². The normalized spacial score (nSPS) is 20.8. The molecule has 2 heterocycles. The van der Waals surface area contributed by atoms with E-state index in [-0.39, 0.29) is 11.6 Å². The largest absolute Gasteiger partial charge is 0.444 e. The Morgan fingerprint density at radius 3 is 1.20 bits per heavy atom. The molecule has 2 aromatic rings. The number of anilines is 2. The molecule has 0 aromatic heterocycles. The molecular weight excluding hydrogens is 855 g/mol. The third kappa shape index (κ3) is 9.78. The number of nitrogens with zero attached hydrogens (tertiary/aromatic N) is 6. The molecular formula is C46H70N8O8P2. The zero-order valence-corrected chi connectivity index (χ0v) is 42.1. The number of rotatable bonds is 12. The highest BCUT2D eigenvalue weighted by Crippen LogP contribution is 2.68. The van der Waals surface area contributed by atoms with Crippen molar-refractivity contribution in [1.29, 1.82) is 0 Å². The summed E-state index contributed by atoms with van der Waals surface area (Å²) in [4.78, 5) is 49.5. The molecule has 0 unspecified atom stereocenters. The van der Waals surface area contributed by atoms with Gasteiger partial charge in [0.2, 0.25) is 0 Å². The Morgan fingerprint density at radius 1 is 0.594 bits per heavy atom. The zero-order valence-electron chi connectivity index (χ0n) is 40.3. The highest BCUT2D eigenvalue weighted by molar-refractivity contribution is 7.61. The first kappa shape index (κ1) is 50.7. The third-order valence-electron chi connectivity index (χ3n) is 12.0. The van der Waals surface area contributed by atoms with Gasteiger partial charge in [-0.2, -0.15) is 0 Å². The van der Waals surface area contributed by atoms with Gasteiger partial charge in [0.25, 0.3) is 0 Å². The first-order valence-corrected chi connectivity index (χ1v) is 24.9. The lowest BCUT2D eigenvalue weighted by molar-refractivity contribution is -0.116. The van der Waals surface area contributed by atoms with Crippen molar-refractivity contribution in [3.05, 3.63) is 83.2 Å². The maximum Gasteiger partial charge on any atom is 0.407 e. The molecule has 16 nitrogen and oxygen atoms in total. The summed E-state index contributed by atoms with van der Waals surface area (Å²) in [5, 5.41) is 5.71. The Bertz CT molecular complexity index is 2100. The summed E-state index contributed by atoms with van der Waals surface area (Å²) < 4.78 is 50.1. The van der Waals surface area contributed by atoms with Crippen molar-refractivity contribution in [2.24, 2.45) is 0 Å². The lowest BCUT2D eigenvalue weighted by Crippen LogP contribution is -2.41. The second kappa shape index (κ2) is 18.9. The predicted octanol–water partition coefficient (Wildman–Crippen LogP) is 8.27. The topological polar surface area (TPSA) is 164 Å². The first-order valence-electron chi connectivity index (χ1n) is 21.8. The van der Waals surface area contributed by atoms with E-state index in [0.29, 0.717) is 51.6 Å². The molecule has 2 atom stereocenters. The van der Waals surface area contributed by atoms with Crippen LogP contribution in [0.4, 0.5) is 21.0 Å².